The highest BCUT2D eigenvalue weighted by molar-refractivity contribution is 6.11. The summed E-state index contributed by atoms with van der Waals surface area (Å²) in [5.74, 6) is 3.01. The third-order valence-electron chi connectivity index (χ3n) is 13.8. The van der Waals surface area contributed by atoms with Gasteiger partial charge in [-0.15, -0.1) is 0 Å². The van der Waals surface area contributed by atoms with Crippen molar-refractivity contribution in [1.29, 1.82) is 0 Å². The van der Waals surface area contributed by atoms with E-state index in [0.29, 0.717) is 0 Å². The standard InChI is InChI=1S/C70H52N10/c1-7-20-47(21-8-1)67(59-38-42-63(77-59)71-51-28-15-5-16-29-51)55-34-36-57(75-55)69(49-24-11-3-12-25-49)61-40-44-65(79-61)73-53-32-19-33-54(46-53)74-66-45-41-62(80-66)70(50-26-13-4-14-27-50)58-37-35-56(76-58)68(48-22-9-2-10-23-48)60-39-43-64(78-60)72-52-30-17-6-18-31-52/h1-46,75-76H,(H,71,77)(H,72,78)(H,73,79)(H,74,80)/b67-59-,68-60+,69-61+,70-62+. The van der Waals surface area contributed by atoms with Crippen molar-refractivity contribution in [3.8, 4) is 0 Å². The van der Waals surface area contributed by atoms with Crippen LogP contribution in [-0.2, 0) is 0 Å². The van der Waals surface area contributed by atoms with E-state index < -0.39 is 0 Å². The molecule has 0 aliphatic carbocycles. The second-order valence-electron chi connectivity index (χ2n) is 19.2. The third kappa shape index (κ3) is 10.7. The zero-order valence-corrected chi connectivity index (χ0v) is 43.3. The van der Waals surface area contributed by atoms with E-state index in [1.807, 2.05) is 127 Å². The topological polar surface area (TPSA) is 129 Å². The Morgan fingerprint density at radius 2 is 0.475 bits per heavy atom. The van der Waals surface area contributed by atoms with Crippen LogP contribution in [0.25, 0.3) is 22.3 Å². The van der Waals surface area contributed by atoms with E-state index in [0.717, 1.165) is 136 Å². The van der Waals surface area contributed by atoms with Gasteiger partial charge in [0.2, 0.25) is 0 Å². The van der Waals surface area contributed by atoms with E-state index in [-0.39, 0.29) is 0 Å². The first-order valence-electron chi connectivity index (χ1n) is 26.5. The molecule has 13 rings (SSSR count). The number of aromatic nitrogens is 2. The summed E-state index contributed by atoms with van der Waals surface area (Å²) >= 11 is 0. The number of aromatic amines is 2. The van der Waals surface area contributed by atoms with Crippen molar-refractivity contribution in [2.75, 3.05) is 21.3 Å². The van der Waals surface area contributed by atoms with Gasteiger partial charge in [0.05, 0.1) is 22.8 Å². The molecule has 2 aromatic heterocycles. The number of hydrogen-bond acceptors (Lipinski definition) is 8. The molecule has 0 amide bonds. The second kappa shape index (κ2) is 22.2. The lowest BCUT2D eigenvalue weighted by molar-refractivity contribution is 1.27. The summed E-state index contributed by atoms with van der Waals surface area (Å²) in [6.07, 6.45) is 16.4. The van der Waals surface area contributed by atoms with Gasteiger partial charge in [-0.2, -0.15) is 0 Å². The molecule has 0 unspecified atom stereocenters. The van der Waals surface area contributed by atoms with Gasteiger partial charge in [0.15, 0.2) is 0 Å². The van der Waals surface area contributed by atoms with Crippen LogP contribution < -0.4 is 21.3 Å². The molecule has 10 nitrogen and oxygen atoms in total. The molecule has 7 aromatic carbocycles. The zero-order valence-electron chi connectivity index (χ0n) is 43.3. The molecule has 0 radical (unpaired) electrons. The van der Waals surface area contributed by atoms with Crippen molar-refractivity contribution in [2.45, 2.75) is 0 Å². The predicted molar refractivity (Wildman–Crippen MR) is 332 cm³/mol. The molecule has 0 saturated carbocycles. The molecule has 0 spiro atoms. The van der Waals surface area contributed by atoms with Gasteiger partial charge < -0.3 is 31.2 Å². The maximum Gasteiger partial charge on any atom is 0.131 e. The highest BCUT2D eigenvalue weighted by Gasteiger charge is 2.23. The quantitative estimate of drug-likeness (QED) is 0.0728. The smallest absolute Gasteiger partial charge is 0.131 e. The normalized spacial score (nSPS) is 16.7. The molecule has 382 valence electrons. The zero-order chi connectivity index (χ0) is 53.5. The van der Waals surface area contributed by atoms with Crippen LogP contribution >= 0.6 is 0 Å². The number of amidine groups is 4. The second-order valence-corrected chi connectivity index (χ2v) is 19.2. The van der Waals surface area contributed by atoms with E-state index in [2.05, 4.69) is 183 Å². The number of aliphatic imine (C=N–C) groups is 4. The predicted octanol–water partition coefficient (Wildman–Crippen LogP) is 15.7. The first-order chi connectivity index (χ1) is 39.6. The minimum Gasteiger partial charge on any atom is -0.354 e. The number of anilines is 4. The molecule has 6 N–H and O–H groups in total. The molecule has 4 aliphatic heterocycles. The molecule has 6 heterocycles. The first-order valence-corrected chi connectivity index (χ1v) is 26.5. The average Bonchev–Trinajstić information content (AvgIpc) is 4.42. The number of H-pyrrole nitrogens is 2. The fraction of sp³-hybridized carbons (Fsp3) is 0. The summed E-state index contributed by atoms with van der Waals surface area (Å²) < 4.78 is 0. The Kier molecular flexibility index (Phi) is 13.5. The van der Waals surface area contributed by atoms with Gasteiger partial charge in [-0.25, -0.2) is 20.0 Å². The average molecular weight is 1030 g/mol. The van der Waals surface area contributed by atoms with Gasteiger partial charge in [0.1, 0.15) is 23.3 Å². The summed E-state index contributed by atoms with van der Waals surface area (Å²) in [4.78, 5) is 28.1. The van der Waals surface area contributed by atoms with Crippen molar-refractivity contribution in [3.05, 3.63) is 347 Å². The summed E-state index contributed by atoms with van der Waals surface area (Å²) in [7, 11) is 0. The van der Waals surface area contributed by atoms with Gasteiger partial charge >= 0.3 is 0 Å². The van der Waals surface area contributed by atoms with Crippen LogP contribution in [0, 0.1) is 0 Å². The number of nitrogens with one attached hydrogen (secondary N) is 6. The van der Waals surface area contributed by atoms with Gasteiger partial charge in [-0.3, -0.25) is 0 Å². The van der Waals surface area contributed by atoms with Gasteiger partial charge in [0, 0.05) is 67.8 Å². The molecule has 9 aromatic rings. The number of nitrogens with zero attached hydrogens (tertiary/aromatic N) is 4. The van der Waals surface area contributed by atoms with E-state index in [1.54, 1.807) is 0 Å². The largest absolute Gasteiger partial charge is 0.354 e. The number of para-hydroxylation sites is 2. The lowest BCUT2D eigenvalue weighted by atomic mass is 10.0. The van der Waals surface area contributed by atoms with E-state index in [4.69, 9.17) is 20.0 Å². The highest BCUT2D eigenvalue weighted by atomic mass is 15.0. The van der Waals surface area contributed by atoms with E-state index in [9.17, 15) is 0 Å². The Morgan fingerprint density at radius 1 is 0.237 bits per heavy atom. The van der Waals surface area contributed by atoms with Crippen LogP contribution in [0.5, 0.6) is 0 Å². The van der Waals surface area contributed by atoms with E-state index >= 15 is 0 Å². The van der Waals surface area contributed by atoms with Crippen molar-refractivity contribution < 1.29 is 0 Å². The molecular formula is C70H52N10. The third-order valence-corrected chi connectivity index (χ3v) is 13.8. The molecule has 80 heavy (non-hydrogen) atoms. The monoisotopic (exact) mass is 1030 g/mol. The molecule has 0 atom stereocenters. The Labute approximate surface area is 464 Å². The van der Waals surface area contributed by atoms with Crippen molar-refractivity contribution in [3.63, 3.8) is 0 Å². The lowest BCUT2D eigenvalue weighted by Crippen LogP contribution is -2.09. The summed E-state index contributed by atoms with van der Waals surface area (Å²) in [6, 6.07) is 78.5. The Balaban J connectivity index is 0.769. The molecule has 4 aliphatic rings. The number of allylic oxidation sites excluding steroid dienone is 4. The molecular weight excluding hydrogens is 981 g/mol. The highest BCUT2D eigenvalue weighted by Crippen LogP contribution is 2.37. The fourth-order valence-corrected chi connectivity index (χ4v) is 10.2. The molecule has 0 saturated heterocycles. The minimum atomic E-state index is 0.723. The fourth-order valence-electron chi connectivity index (χ4n) is 10.2. The van der Waals surface area contributed by atoms with Crippen LogP contribution in [0.1, 0.15) is 45.0 Å². The maximum atomic E-state index is 5.19. The Morgan fingerprint density at radius 3 is 0.750 bits per heavy atom. The van der Waals surface area contributed by atoms with Crippen LogP contribution in [-0.4, -0.2) is 33.3 Å². The number of hydrogen-bond donors (Lipinski definition) is 6. The summed E-state index contributed by atoms with van der Waals surface area (Å²) in [5.41, 5.74) is 19.0. The molecule has 0 fully saturated rings. The van der Waals surface area contributed by atoms with Crippen LogP contribution in [0.3, 0.4) is 0 Å². The van der Waals surface area contributed by atoms with Crippen molar-refractivity contribution in [1.82, 2.24) is 9.97 Å². The summed E-state index contributed by atoms with van der Waals surface area (Å²) in [6.45, 7) is 0. The van der Waals surface area contributed by atoms with Crippen molar-refractivity contribution >= 4 is 68.4 Å². The number of rotatable bonds is 12. The SMILES string of the molecule is C1=C/C(=C(\c2ccccc2)c2ccc(/C(=C3\C=CC(Nc4cccc(NC5=N/C(=C(\c6ccccc6)c6ccc(/C(=C7\C=CC(Nc8ccccc8)=N7)c7ccccc7)[nH]6)C=C5)c4)=N3)c3ccccc3)[nH]2)N=C1Nc1ccccc1. The first kappa shape index (κ1) is 48.5. The van der Waals surface area contributed by atoms with Gasteiger partial charge in [-0.1, -0.05) is 164 Å². The van der Waals surface area contributed by atoms with Crippen molar-refractivity contribution in [2.24, 2.45) is 20.0 Å². The van der Waals surface area contributed by atoms with Crippen LogP contribution in [0.4, 0.5) is 22.7 Å². The van der Waals surface area contributed by atoms with Gasteiger partial charge in [0.25, 0.3) is 0 Å². The Hall–Kier alpha value is -11.1. The van der Waals surface area contributed by atoms with Crippen LogP contribution in [0.15, 0.2) is 322 Å². The minimum absolute atomic E-state index is 0.723. The van der Waals surface area contributed by atoms with Crippen LogP contribution in [0.2, 0.25) is 0 Å². The van der Waals surface area contributed by atoms with E-state index in [1.165, 1.54) is 0 Å². The Bertz CT molecular complexity index is 3900. The lowest BCUT2D eigenvalue weighted by Gasteiger charge is -2.11. The molecule has 0 bridgehead atoms. The molecule has 10 heteroatoms. The van der Waals surface area contributed by atoms with Gasteiger partial charge in [-0.05, 0) is 138 Å². The number of benzene rings is 7. The maximum absolute atomic E-state index is 5.19. The summed E-state index contributed by atoms with van der Waals surface area (Å²) in [5, 5.41) is 14.0.